The molecule has 0 aliphatic heterocycles. The molecule has 0 radical (unpaired) electrons. The van der Waals surface area contributed by atoms with Crippen molar-refractivity contribution in [3.8, 4) is 0 Å². The zero-order valence-electron chi connectivity index (χ0n) is 13.8. The van der Waals surface area contributed by atoms with E-state index in [1.807, 2.05) is 0 Å². The van der Waals surface area contributed by atoms with Crippen LogP contribution in [0.3, 0.4) is 0 Å². The van der Waals surface area contributed by atoms with Gasteiger partial charge in [-0.25, -0.2) is 9.59 Å². The van der Waals surface area contributed by atoms with E-state index >= 15 is 0 Å². The van der Waals surface area contributed by atoms with E-state index in [0.29, 0.717) is 6.42 Å². The van der Waals surface area contributed by atoms with Crippen molar-refractivity contribution >= 4 is 11.9 Å². The van der Waals surface area contributed by atoms with Crippen LogP contribution in [0.5, 0.6) is 0 Å². The van der Waals surface area contributed by atoms with Gasteiger partial charge in [-0.2, -0.15) is 0 Å². The molecule has 1 atom stereocenters. The van der Waals surface area contributed by atoms with Gasteiger partial charge in [-0.1, -0.05) is 49.7 Å². The molecule has 6 heteroatoms. The lowest BCUT2D eigenvalue weighted by molar-refractivity contribution is -0.349. The molecule has 0 unspecified atom stereocenters. The molecule has 25 heavy (non-hydrogen) atoms. The highest BCUT2D eigenvalue weighted by Crippen LogP contribution is 2.21. The lowest BCUT2D eigenvalue weighted by Gasteiger charge is -2.29. The Morgan fingerprint density at radius 1 is 0.920 bits per heavy atom. The van der Waals surface area contributed by atoms with Crippen molar-refractivity contribution in [3.05, 3.63) is 71.8 Å². The van der Waals surface area contributed by atoms with E-state index in [4.69, 9.17) is 9.47 Å². The topological polar surface area (TPSA) is 93.1 Å². The van der Waals surface area contributed by atoms with Gasteiger partial charge in [0.05, 0.1) is 11.1 Å². The van der Waals surface area contributed by atoms with Gasteiger partial charge < -0.3 is 19.7 Å². The van der Waals surface area contributed by atoms with Gasteiger partial charge in [-0.05, 0) is 30.7 Å². The number of carbonyl (C=O) groups excluding carboxylic acids is 2. The average Bonchev–Trinajstić information content (AvgIpc) is 2.62. The second-order valence-electron chi connectivity index (χ2n) is 5.46. The van der Waals surface area contributed by atoms with Crippen LogP contribution < -0.4 is 0 Å². The number of ether oxygens (including phenoxy) is 2. The Balaban J connectivity index is 2.11. The van der Waals surface area contributed by atoms with E-state index in [9.17, 15) is 19.8 Å². The van der Waals surface area contributed by atoms with Crippen molar-refractivity contribution in [2.75, 3.05) is 0 Å². The molecule has 0 amide bonds. The summed E-state index contributed by atoms with van der Waals surface area (Å²) in [5.41, 5.74) is 0.411. The lowest BCUT2D eigenvalue weighted by atomic mass is 10.1. The molecule has 2 rings (SSSR count). The molecule has 0 aromatic heterocycles. The predicted molar refractivity (Wildman–Crippen MR) is 89.6 cm³/mol. The first-order chi connectivity index (χ1) is 11.9. The number of benzene rings is 2. The van der Waals surface area contributed by atoms with Gasteiger partial charge >= 0.3 is 17.9 Å². The number of carbonyl (C=O) groups is 2. The number of esters is 2. The molecule has 0 spiro atoms. The molecule has 0 saturated heterocycles. The van der Waals surface area contributed by atoms with Crippen molar-refractivity contribution in [3.63, 3.8) is 0 Å². The van der Waals surface area contributed by atoms with Crippen LogP contribution in [0.4, 0.5) is 0 Å². The van der Waals surface area contributed by atoms with Crippen molar-refractivity contribution in [2.24, 2.45) is 0 Å². The first-order valence-electron chi connectivity index (χ1n) is 7.93. The summed E-state index contributed by atoms with van der Waals surface area (Å²) in [5.74, 6) is -4.60. The van der Waals surface area contributed by atoms with Crippen LogP contribution in [0.2, 0.25) is 0 Å². The van der Waals surface area contributed by atoms with Gasteiger partial charge in [0.1, 0.15) is 0 Å². The number of hydrogen-bond acceptors (Lipinski definition) is 6. The molecule has 0 aliphatic rings. The highest BCUT2D eigenvalue weighted by molar-refractivity contribution is 5.90. The molecular formula is C19H20O6. The molecule has 6 nitrogen and oxygen atoms in total. The van der Waals surface area contributed by atoms with Crippen molar-refractivity contribution in [1.82, 2.24) is 0 Å². The first-order valence-corrected chi connectivity index (χ1v) is 7.93. The summed E-state index contributed by atoms with van der Waals surface area (Å²) in [7, 11) is 0. The summed E-state index contributed by atoms with van der Waals surface area (Å²) >= 11 is 0. The normalized spacial score (nSPS) is 12.3. The van der Waals surface area contributed by atoms with Crippen LogP contribution >= 0.6 is 0 Å². The van der Waals surface area contributed by atoms with E-state index in [2.05, 4.69) is 0 Å². The first kappa shape index (κ1) is 18.6. The maximum Gasteiger partial charge on any atom is 0.363 e. The largest absolute Gasteiger partial charge is 0.449 e. The zero-order valence-corrected chi connectivity index (χ0v) is 13.8. The zero-order chi connectivity index (χ0) is 18.3. The van der Waals surface area contributed by atoms with Crippen molar-refractivity contribution in [2.45, 2.75) is 31.8 Å². The third kappa shape index (κ3) is 5.14. The Kier molecular flexibility index (Phi) is 6.27. The fourth-order valence-electron chi connectivity index (χ4n) is 2.19. The van der Waals surface area contributed by atoms with Crippen LogP contribution in [0.25, 0.3) is 0 Å². The van der Waals surface area contributed by atoms with Crippen LogP contribution in [0.15, 0.2) is 60.7 Å². The molecule has 0 fully saturated rings. The molecule has 0 bridgehead atoms. The molecule has 2 aromatic rings. The summed E-state index contributed by atoms with van der Waals surface area (Å²) in [4.78, 5) is 24.2. The van der Waals surface area contributed by atoms with Crippen LogP contribution in [0.1, 0.15) is 40.5 Å². The molecule has 132 valence electrons. The average molecular weight is 344 g/mol. The summed E-state index contributed by atoms with van der Waals surface area (Å²) in [6, 6.07) is 16.0. The minimum absolute atomic E-state index is 0.105. The summed E-state index contributed by atoms with van der Waals surface area (Å²) in [6.07, 6.45) is -0.829. The van der Waals surface area contributed by atoms with Gasteiger partial charge in [-0.15, -0.1) is 0 Å². The van der Waals surface area contributed by atoms with Crippen molar-refractivity contribution in [1.29, 1.82) is 0 Å². The maximum atomic E-state index is 12.1. The smallest absolute Gasteiger partial charge is 0.363 e. The van der Waals surface area contributed by atoms with E-state index in [1.54, 1.807) is 43.3 Å². The Bertz CT molecular complexity index is 696. The predicted octanol–water partition coefficient (Wildman–Crippen LogP) is 2.51. The van der Waals surface area contributed by atoms with E-state index in [-0.39, 0.29) is 17.5 Å². The van der Waals surface area contributed by atoms with Crippen LogP contribution in [-0.2, 0) is 9.47 Å². The van der Waals surface area contributed by atoms with Crippen LogP contribution in [0, 0.1) is 0 Å². The highest BCUT2D eigenvalue weighted by atomic mass is 16.8. The fraction of sp³-hybridized carbons (Fsp3) is 0.263. The van der Waals surface area contributed by atoms with Crippen molar-refractivity contribution < 1.29 is 29.3 Å². The number of rotatable bonds is 7. The lowest BCUT2D eigenvalue weighted by Crippen LogP contribution is -2.48. The van der Waals surface area contributed by atoms with Gasteiger partial charge in [-0.3, -0.25) is 0 Å². The molecule has 0 heterocycles. The maximum absolute atomic E-state index is 12.1. The number of hydrogen-bond donors (Lipinski definition) is 2. The Morgan fingerprint density at radius 3 is 1.88 bits per heavy atom. The minimum atomic E-state index is -2.94. The van der Waals surface area contributed by atoms with Gasteiger partial charge in [0.2, 0.25) is 0 Å². The Hall–Kier alpha value is -2.70. The third-order valence-electron chi connectivity index (χ3n) is 3.48. The molecule has 2 N–H and O–H groups in total. The standard InChI is InChI=1S/C19H20O6/c1-2-9-16(24-17(20)14-10-5-3-6-11-14)19(22,23)25-18(21)15-12-7-4-8-13-15/h3-8,10-13,16,22-23H,2,9H2,1H3/t16-/m1/s1. The van der Waals surface area contributed by atoms with Gasteiger partial charge in [0.15, 0.2) is 6.10 Å². The van der Waals surface area contributed by atoms with E-state index < -0.39 is 24.0 Å². The summed E-state index contributed by atoms with van der Waals surface area (Å²) in [5, 5.41) is 20.3. The highest BCUT2D eigenvalue weighted by Gasteiger charge is 2.42. The van der Waals surface area contributed by atoms with Crippen LogP contribution in [-0.4, -0.2) is 34.2 Å². The van der Waals surface area contributed by atoms with Gasteiger partial charge in [0.25, 0.3) is 0 Å². The summed E-state index contributed by atoms with van der Waals surface area (Å²) in [6.45, 7) is 1.78. The molecule has 0 saturated carbocycles. The Morgan fingerprint density at radius 2 is 1.40 bits per heavy atom. The fourth-order valence-corrected chi connectivity index (χ4v) is 2.19. The van der Waals surface area contributed by atoms with E-state index in [0.717, 1.165) is 0 Å². The SMILES string of the molecule is CCC[C@@H](OC(=O)c1ccccc1)C(O)(O)OC(=O)c1ccccc1. The quantitative estimate of drug-likeness (QED) is 0.592. The molecule has 0 aliphatic carbocycles. The minimum Gasteiger partial charge on any atom is -0.449 e. The molecular weight excluding hydrogens is 324 g/mol. The second kappa shape index (κ2) is 8.41. The van der Waals surface area contributed by atoms with Gasteiger partial charge in [0, 0.05) is 0 Å². The Labute approximate surface area is 145 Å². The monoisotopic (exact) mass is 344 g/mol. The second-order valence-corrected chi connectivity index (χ2v) is 5.46. The summed E-state index contributed by atoms with van der Waals surface area (Å²) < 4.78 is 9.93. The molecule has 2 aromatic carbocycles. The van der Waals surface area contributed by atoms with E-state index in [1.165, 1.54) is 24.3 Å². The third-order valence-corrected chi connectivity index (χ3v) is 3.48. The number of aliphatic hydroxyl groups is 2.